The quantitative estimate of drug-likeness (QED) is 0.489. The fourth-order valence-corrected chi connectivity index (χ4v) is 1.45. The fraction of sp³-hybridized carbons (Fsp3) is 0.714. The molecule has 0 amide bonds. The molecule has 1 atom stereocenters. The van der Waals surface area contributed by atoms with Gasteiger partial charge in [0.05, 0.1) is 0 Å². The molecule has 11 heavy (non-hydrogen) atoms. The molecular formula is C7H12O2S2. The van der Waals surface area contributed by atoms with Crippen LogP contribution in [0.25, 0.3) is 0 Å². The highest BCUT2D eigenvalue weighted by molar-refractivity contribution is 7.99. The van der Waals surface area contributed by atoms with E-state index in [0.29, 0.717) is 0 Å². The number of hydrogen-bond donors (Lipinski definition) is 0. The summed E-state index contributed by atoms with van der Waals surface area (Å²) in [5.74, 6) is 1.51. The van der Waals surface area contributed by atoms with Gasteiger partial charge in [-0.1, -0.05) is 19.1 Å². The first kappa shape index (κ1) is 10.9. The summed E-state index contributed by atoms with van der Waals surface area (Å²) in [6, 6.07) is 0. The first-order chi connectivity index (χ1) is 5.20. The highest BCUT2D eigenvalue weighted by Gasteiger charge is 2.06. The van der Waals surface area contributed by atoms with Crippen molar-refractivity contribution in [3.63, 3.8) is 0 Å². The van der Waals surface area contributed by atoms with Crippen LogP contribution in [-0.2, 0) is 9.53 Å². The monoisotopic (exact) mass is 192 g/mol. The second-order valence-electron chi connectivity index (χ2n) is 1.94. The Labute approximate surface area is 76.7 Å². The number of carbonyl (C=O) groups excluding carboxylic acids is 1. The van der Waals surface area contributed by atoms with Crippen LogP contribution in [-0.4, -0.2) is 28.9 Å². The van der Waals surface area contributed by atoms with Gasteiger partial charge in [0.15, 0.2) is 0 Å². The van der Waals surface area contributed by atoms with Crippen molar-refractivity contribution in [2.24, 2.45) is 0 Å². The standard InChI is InChI=1S/C7H12O2S2/c1-3-11-5-7(4-10)9-6(2)8/h4,7H,3,5H2,1-2H3. The molecular weight excluding hydrogens is 180 g/mol. The van der Waals surface area contributed by atoms with E-state index in [9.17, 15) is 4.79 Å². The van der Waals surface area contributed by atoms with Crippen LogP contribution in [0.2, 0.25) is 0 Å². The molecule has 0 aromatic heterocycles. The molecule has 1 unspecified atom stereocenters. The number of hydrogen-bond acceptors (Lipinski definition) is 4. The van der Waals surface area contributed by atoms with Crippen LogP contribution < -0.4 is 0 Å². The van der Waals surface area contributed by atoms with Gasteiger partial charge in [0.1, 0.15) is 6.10 Å². The fourth-order valence-electron chi connectivity index (χ4n) is 0.548. The smallest absolute Gasteiger partial charge is 0.303 e. The lowest BCUT2D eigenvalue weighted by Gasteiger charge is -2.09. The van der Waals surface area contributed by atoms with E-state index in [0.717, 1.165) is 11.5 Å². The van der Waals surface area contributed by atoms with E-state index in [-0.39, 0.29) is 12.1 Å². The lowest BCUT2D eigenvalue weighted by atomic mass is 10.5. The summed E-state index contributed by atoms with van der Waals surface area (Å²) >= 11 is 6.40. The lowest BCUT2D eigenvalue weighted by Crippen LogP contribution is -2.19. The molecule has 0 aliphatic heterocycles. The molecule has 2 nitrogen and oxygen atoms in total. The van der Waals surface area contributed by atoms with Gasteiger partial charge in [-0.2, -0.15) is 11.8 Å². The van der Waals surface area contributed by atoms with Gasteiger partial charge in [-0.05, 0) is 5.75 Å². The number of ether oxygens (including phenoxy) is 1. The predicted octanol–water partition coefficient (Wildman–Crippen LogP) is 1.67. The summed E-state index contributed by atoms with van der Waals surface area (Å²) in [6.07, 6.45) is -0.201. The summed E-state index contributed by atoms with van der Waals surface area (Å²) in [5.41, 5.74) is 0. The number of carbonyl (C=O) groups is 1. The van der Waals surface area contributed by atoms with Gasteiger partial charge >= 0.3 is 5.97 Å². The van der Waals surface area contributed by atoms with Crippen molar-refractivity contribution in [2.45, 2.75) is 20.0 Å². The third-order valence-corrected chi connectivity index (χ3v) is 2.23. The van der Waals surface area contributed by atoms with Crippen LogP contribution >= 0.6 is 24.0 Å². The van der Waals surface area contributed by atoms with Gasteiger partial charge in [0.2, 0.25) is 0 Å². The zero-order valence-electron chi connectivity index (χ0n) is 6.70. The Morgan fingerprint density at radius 3 is 2.82 bits per heavy atom. The maximum absolute atomic E-state index is 10.5. The summed E-state index contributed by atoms with van der Waals surface area (Å²) in [6.45, 7) is 3.45. The highest BCUT2D eigenvalue weighted by Crippen LogP contribution is 2.03. The summed E-state index contributed by atoms with van der Waals surface area (Å²) in [4.78, 5) is 10.5. The van der Waals surface area contributed by atoms with Gasteiger partial charge in [0, 0.05) is 18.0 Å². The number of esters is 1. The van der Waals surface area contributed by atoms with Crippen LogP contribution in [0.3, 0.4) is 0 Å². The van der Waals surface area contributed by atoms with Crippen molar-refractivity contribution in [3.8, 4) is 0 Å². The van der Waals surface area contributed by atoms with Crippen LogP contribution in [0.5, 0.6) is 0 Å². The van der Waals surface area contributed by atoms with Crippen molar-refractivity contribution in [1.29, 1.82) is 0 Å². The number of rotatable bonds is 5. The molecule has 0 aromatic rings. The van der Waals surface area contributed by atoms with E-state index in [4.69, 9.17) is 4.74 Å². The minimum Gasteiger partial charge on any atom is -0.457 e. The van der Waals surface area contributed by atoms with Crippen LogP contribution in [0.4, 0.5) is 0 Å². The normalized spacial score (nSPS) is 12.2. The first-order valence-corrected chi connectivity index (χ1v) is 5.03. The molecule has 0 saturated heterocycles. The minimum absolute atomic E-state index is 0.201. The number of thiocarbonyl (C=S) groups is 1. The Morgan fingerprint density at radius 2 is 2.45 bits per heavy atom. The zero-order chi connectivity index (χ0) is 8.69. The summed E-state index contributed by atoms with van der Waals surface area (Å²) in [5, 5.41) is 1.49. The maximum Gasteiger partial charge on any atom is 0.303 e. The zero-order valence-corrected chi connectivity index (χ0v) is 8.33. The molecule has 0 spiro atoms. The van der Waals surface area contributed by atoms with E-state index in [1.807, 2.05) is 0 Å². The van der Waals surface area contributed by atoms with E-state index in [1.54, 1.807) is 11.8 Å². The Balaban J connectivity index is 3.57. The van der Waals surface area contributed by atoms with E-state index < -0.39 is 0 Å². The Hall–Kier alpha value is -0.0900. The molecule has 0 aliphatic rings. The van der Waals surface area contributed by atoms with Gasteiger partial charge in [-0.15, -0.1) is 0 Å². The SMILES string of the molecule is CCSCC(C=S)OC(C)=O. The van der Waals surface area contributed by atoms with Gasteiger partial charge in [-0.3, -0.25) is 4.79 Å². The molecule has 4 heteroatoms. The Kier molecular flexibility index (Phi) is 6.56. The third-order valence-electron chi connectivity index (χ3n) is 0.955. The lowest BCUT2D eigenvalue weighted by molar-refractivity contribution is -0.142. The van der Waals surface area contributed by atoms with Crippen molar-refractivity contribution in [3.05, 3.63) is 0 Å². The van der Waals surface area contributed by atoms with Crippen LogP contribution in [0, 0.1) is 0 Å². The molecule has 0 bridgehead atoms. The van der Waals surface area contributed by atoms with Gasteiger partial charge < -0.3 is 4.74 Å². The van der Waals surface area contributed by atoms with Crippen molar-refractivity contribution in [2.75, 3.05) is 11.5 Å². The topological polar surface area (TPSA) is 26.3 Å². The second kappa shape index (κ2) is 6.61. The van der Waals surface area contributed by atoms with Crippen molar-refractivity contribution >= 4 is 35.3 Å². The third kappa shape index (κ3) is 6.31. The highest BCUT2D eigenvalue weighted by atomic mass is 32.2. The van der Waals surface area contributed by atoms with Crippen LogP contribution in [0.15, 0.2) is 0 Å². The second-order valence-corrected chi connectivity index (χ2v) is 3.53. The van der Waals surface area contributed by atoms with Crippen molar-refractivity contribution < 1.29 is 9.53 Å². The van der Waals surface area contributed by atoms with Crippen LogP contribution in [0.1, 0.15) is 13.8 Å². The molecule has 0 heterocycles. The van der Waals surface area contributed by atoms with E-state index >= 15 is 0 Å². The average molecular weight is 192 g/mol. The average Bonchev–Trinajstić information content (AvgIpc) is 1.97. The van der Waals surface area contributed by atoms with E-state index in [2.05, 4.69) is 19.1 Å². The first-order valence-electron chi connectivity index (χ1n) is 3.41. The molecule has 0 aliphatic carbocycles. The summed E-state index contributed by atoms with van der Waals surface area (Å²) in [7, 11) is 0. The minimum atomic E-state index is -0.271. The Bertz CT molecular complexity index is 136. The molecule has 0 radical (unpaired) electrons. The number of thioether (sulfide) groups is 1. The summed E-state index contributed by atoms with van der Waals surface area (Å²) < 4.78 is 4.88. The van der Waals surface area contributed by atoms with E-state index in [1.165, 1.54) is 12.3 Å². The van der Waals surface area contributed by atoms with Crippen molar-refractivity contribution in [1.82, 2.24) is 0 Å². The molecule has 64 valence electrons. The Morgan fingerprint density at radius 1 is 1.82 bits per heavy atom. The molecule has 0 rings (SSSR count). The maximum atomic E-state index is 10.5. The largest absolute Gasteiger partial charge is 0.457 e. The molecule has 0 aromatic carbocycles. The molecule has 0 N–H and O–H groups in total. The predicted molar refractivity (Wildman–Crippen MR) is 52.2 cm³/mol. The van der Waals surface area contributed by atoms with Gasteiger partial charge in [0.25, 0.3) is 0 Å². The molecule has 0 saturated carbocycles. The molecule has 0 fully saturated rings. The van der Waals surface area contributed by atoms with Gasteiger partial charge in [-0.25, -0.2) is 0 Å².